The van der Waals surface area contributed by atoms with Gasteiger partial charge in [0.1, 0.15) is 11.9 Å². The number of nitrogens with zero attached hydrogens (tertiary/aromatic N) is 5. The molecular formula is C38H42FN9O3. The Balaban J connectivity index is 1.34. The number of H-pyrrole nitrogens is 1. The lowest BCUT2D eigenvalue weighted by Crippen LogP contribution is -2.47. The molecule has 264 valence electrons. The summed E-state index contributed by atoms with van der Waals surface area (Å²) in [5.41, 5.74) is 2.74. The number of carbonyl (C=O) groups is 3. The number of rotatable bonds is 11. The Labute approximate surface area is 295 Å². The number of fused-ring (bicyclic) bond motifs is 3. The van der Waals surface area contributed by atoms with Crippen LogP contribution in [-0.4, -0.2) is 75.0 Å². The molecule has 4 N–H and O–H groups in total. The lowest BCUT2D eigenvalue weighted by molar-refractivity contribution is -0.131. The van der Waals surface area contributed by atoms with Crippen molar-refractivity contribution >= 4 is 17.7 Å². The number of nitriles is 1. The van der Waals surface area contributed by atoms with Crippen LogP contribution in [-0.2, 0) is 21.4 Å². The van der Waals surface area contributed by atoms with Crippen LogP contribution in [0.4, 0.5) is 4.39 Å². The van der Waals surface area contributed by atoms with E-state index in [0.717, 1.165) is 23.1 Å². The molecule has 7 atom stereocenters. The van der Waals surface area contributed by atoms with E-state index in [0.29, 0.717) is 61.7 Å². The number of tetrazole rings is 1. The molecule has 3 aromatic rings. The number of piperidine rings is 1. The maximum atomic E-state index is 14.3. The molecule has 4 aliphatic rings. The van der Waals surface area contributed by atoms with Crippen molar-refractivity contribution in [3.8, 4) is 6.07 Å². The van der Waals surface area contributed by atoms with Gasteiger partial charge in [-0.25, -0.2) is 4.39 Å². The Morgan fingerprint density at radius 3 is 2.61 bits per heavy atom. The Morgan fingerprint density at radius 1 is 1.10 bits per heavy atom. The molecule has 2 fully saturated rings. The van der Waals surface area contributed by atoms with Crippen molar-refractivity contribution in [2.75, 3.05) is 19.6 Å². The molecule has 7 rings (SSSR count). The minimum absolute atomic E-state index is 0.0279. The van der Waals surface area contributed by atoms with Crippen LogP contribution in [0.3, 0.4) is 0 Å². The lowest BCUT2D eigenvalue weighted by atomic mass is 9.60. The van der Waals surface area contributed by atoms with E-state index >= 15 is 0 Å². The number of benzene rings is 2. The number of allylic oxidation sites excluding steroid dienone is 2. The predicted octanol–water partition coefficient (Wildman–Crippen LogP) is 3.42. The van der Waals surface area contributed by atoms with Gasteiger partial charge in [0.2, 0.25) is 5.91 Å². The number of nitrogens with one attached hydrogen (secondary N) is 4. The molecule has 2 heterocycles. The van der Waals surface area contributed by atoms with E-state index in [1.165, 1.54) is 12.1 Å². The van der Waals surface area contributed by atoms with Gasteiger partial charge in [0.25, 0.3) is 11.8 Å². The summed E-state index contributed by atoms with van der Waals surface area (Å²) in [5.74, 6) is -0.448. The zero-order valence-corrected chi connectivity index (χ0v) is 28.7. The fraction of sp³-hybridized carbons (Fsp3) is 0.447. The maximum Gasteiger partial charge on any atom is 0.251 e. The number of likely N-dealkylation sites (N-methyl/N-ethyl adjacent to an activating group) is 1. The Kier molecular flexibility index (Phi) is 9.52. The lowest BCUT2D eigenvalue weighted by Gasteiger charge is -2.43. The summed E-state index contributed by atoms with van der Waals surface area (Å²) in [6.07, 6.45) is 9.17. The second-order valence-corrected chi connectivity index (χ2v) is 13.9. The topological polar surface area (TPSA) is 169 Å². The summed E-state index contributed by atoms with van der Waals surface area (Å²) in [4.78, 5) is 41.6. The third kappa shape index (κ3) is 6.44. The molecule has 4 unspecified atom stereocenters. The summed E-state index contributed by atoms with van der Waals surface area (Å²) < 4.78 is 14.3. The summed E-state index contributed by atoms with van der Waals surface area (Å²) >= 11 is 0. The first-order valence-corrected chi connectivity index (χ1v) is 17.8. The van der Waals surface area contributed by atoms with Gasteiger partial charge in [0.15, 0.2) is 5.82 Å². The van der Waals surface area contributed by atoms with Crippen molar-refractivity contribution in [2.24, 2.45) is 17.8 Å². The van der Waals surface area contributed by atoms with Gasteiger partial charge >= 0.3 is 0 Å². The minimum Gasteiger partial charge on any atom is -0.352 e. The predicted molar refractivity (Wildman–Crippen MR) is 185 cm³/mol. The molecule has 0 radical (unpaired) electrons. The van der Waals surface area contributed by atoms with Crippen LogP contribution in [0, 0.1) is 34.9 Å². The first kappa shape index (κ1) is 34.2. The van der Waals surface area contributed by atoms with Crippen LogP contribution in [0.25, 0.3) is 0 Å². The first-order valence-electron chi connectivity index (χ1n) is 17.8. The van der Waals surface area contributed by atoms with Gasteiger partial charge in [-0.3, -0.25) is 14.4 Å². The number of carbonyl (C=O) groups excluding carboxylic acids is 3. The SMILES string of the molecule is CCNC(=O)C1=CC2CCc3cc(C(=O)NCC)ccc3C(C[C@H](NCC(=O)N3C(C#N)C[C@@H]4C[C@@H]43)c3ccc(F)cc3)(c3nn[nH]n3)C2C=C1. The van der Waals surface area contributed by atoms with E-state index in [9.17, 15) is 24.0 Å². The van der Waals surface area contributed by atoms with Crippen LogP contribution in [0.5, 0.6) is 0 Å². The average molecular weight is 692 g/mol. The highest BCUT2D eigenvalue weighted by Gasteiger charge is 2.55. The van der Waals surface area contributed by atoms with E-state index in [4.69, 9.17) is 0 Å². The molecule has 1 aliphatic heterocycles. The van der Waals surface area contributed by atoms with Crippen LogP contribution < -0.4 is 16.0 Å². The number of hydrogen-bond donors (Lipinski definition) is 4. The number of aryl methyl sites for hydroxylation is 1. The second kappa shape index (κ2) is 14.2. The number of likely N-dealkylation sites (tertiary alicyclic amines) is 1. The average Bonchev–Trinajstić information content (AvgIpc) is 3.51. The van der Waals surface area contributed by atoms with Crippen molar-refractivity contribution in [1.82, 2.24) is 41.5 Å². The highest BCUT2D eigenvalue weighted by atomic mass is 19.1. The quantitative estimate of drug-likeness (QED) is 0.237. The van der Waals surface area contributed by atoms with Crippen LogP contribution in [0.1, 0.15) is 78.4 Å². The number of aromatic amines is 1. The van der Waals surface area contributed by atoms with Crippen LogP contribution in [0.15, 0.2) is 66.3 Å². The van der Waals surface area contributed by atoms with Gasteiger partial charge in [-0.1, -0.05) is 41.6 Å². The number of amides is 3. The number of hydrogen-bond acceptors (Lipinski definition) is 8. The molecule has 3 aliphatic carbocycles. The van der Waals surface area contributed by atoms with E-state index in [-0.39, 0.29) is 48.0 Å². The number of halogens is 1. The molecule has 0 spiro atoms. The number of aromatic nitrogens is 4. The minimum atomic E-state index is -0.984. The van der Waals surface area contributed by atoms with E-state index in [2.05, 4.69) is 48.7 Å². The molecule has 0 bridgehead atoms. The maximum absolute atomic E-state index is 14.3. The van der Waals surface area contributed by atoms with Crippen molar-refractivity contribution < 1.29 is 18.8 Å². The molecule has 1 aromatic heterocycles. The van der Waals surface area contributed by atoms with Crippen molar-refractivity contribution in [3.63, 3.8) is 0 Å². The van der Waals surface area contributed by atoms with Gasteiger partial charge in [-0.2, -0.15) is 10.5 Å². The van der Waals surface area contributed by atoms with E-state index in [1.807, 2.05) is 44.2 Å². The van der Waals surface area contributed by atoms with Crippen molar-refractivity contribution in [3.05, 3.63) is 100 Å². The Bertz CT molecular complexity index is 1900. The third-order valence-corrected chi connectivity index (χ3v) is 11.0. The molecule has 13 heteroatoms. The zero-order chi connectivity index (χ0) is 35.7. The monoisotopic (exact) mass is 691 g/mol. The van der Waals surface area contributed by atoms with Gasteiger partial charge in [0, 0.05) is 42.2 Å². The van der Waals surface area contributed by atoms with E-state index < -0.39 is 17.5 Å². The fourth-order valence-corrected chi connectivity index (χ4v) is 8.60. The third-order valence-electron chi connectivity index (χ3n) is 11.0. The van der Waals surface area contributed by atoms with Crippen LogP contribution in [0.2, 0.25) is 0 Å². The van der Waals surface area contributed by atoms with Gasteiger partial charge in [0.05, 0.1) is 18.0 Å². The van der Waals surface area contributed by atoms with Gasteiger partial charge in [-0.05, 0) is 98.7 Å². The Hall–Kier alpha value is -5.22. The second-order valence-electron chi connectivity index (χ2n) is 13.9. The largest absolute Gasteiger partial charge is 0.352 e. The van der Waals surface area contributed by atoms with Crippen LogP contribution >= 0.6 is 0 Å². The zero-order valence-electron chi connectivity index (χ0n) is 28.7. The summed E-state index contributed by atoms with van der Waals surface area (Å²) in [6, 6.07) is 13.4. The molecule has 3 amide bonds. The van der Waals surface area contributed by atoms with Crippen molar-refractivity contribution in [2.45, 2.75) is 69.5 Å². The smallest absolute Gasteiger partial charge is 0.251 e. The molecular weight excluding hydrogens is 649 g/mol. The standard InChI is InChI=1S/C38H42FN9O3/c1-3-41-35(50)25-9-13-30-23(15-25)5-6-24-16-26(36(51)42-4-2)10-14-31(24)38(30,37-44-46-47-45-37)19-32(22-7-11-28(39)12-8-22)43-21-34(49)48-29(20-40)17-27-18-33(27)48/h7-16,23,27,29-30,32-33,43H,3-6,17-19,21H2,1-2H3,(H,41,50)(H,42,51)(H,44,45,46,47)/t23?,27-,29?,30?,32+,33+,38?/m1/s1. The highest BCUT2D eigenvalue weighted by Crippen LogP contribution is 2.53. The molecule has 1 saturated carbocycles. The van der Waals surface area contributed by atoms with Gasteiger partial charge in [-0.15, -0.1) is 10.2 Å². The fourth-order valence-electron chi connectivity index (χ4n) is 8.60. The van der Waals surface area contributed by atoms with E-state index in [1.54, 1.807) is 17.0 Å². The molecule has 12 nitrogen and oxygen atoms in total. The highest BCUT2D eigenvalue weighted by molar-refractivity contribution is 5.96. The molecule has 2 aromatic carbocycles. The summed E-state index contributed by atoms with van der Waals surface area (Å²) in [6.45, 7) is 4.71. The van der Waals surface area contributed by atoms with Gasteiger partial charge < -0.3 is 20.9 Å². The molecule has 1 saturated heterocycles. The molecule has 51 heavy (non-hydrogen) atoms. The Morgan fingerprint density at radius 2 is 1.88 bits per heavy atom. The summed E-state index contributed by atoms with van der Waals surface area (Å²) in [7, 11) is 0. The normalized spacial score (nSPS) is 26.4. The summed E-state index contributed by atoms with van der Waals surface area (Å²) in [5, 5.41) is 35.0. The first-order chi connectivity index (χ1) is 24.8. The van der Waals surface area contributed by atoms with Crippen molar-refractivity contribution in [1.29, 1.82) is 5.26 Å².